The zero-order valence-corrected chi connectivity index (χ0v) is 10.9. The predicted molar refractivity (Wildman–Crippen MR) is 72.1 cm³/mol. The molecule has 94 valence electrons. The van der Waals surface area contributed by atoms with E-state index in [1.165, 1.54) is 36.8 Å². The van der Waals surface area contributed by atoms with Gasteiger partial charge < -0.3 is 10.6 Å². The van der Waals surface area contributed by atoms with E-state index >= 15 is 0 Å². The van der Waals surface area contributed by atoms with Crippen molar-refractivity contribution in [2.75, 3.05) is 11.4 Å². The fourth-order valence-corrected chi connectivity index (χ4v) is 2.78. The molecule has 2 rings (SSSR count). The molecule has 3 nitrogen and oxygen atoms in total. The highest BCUT2D eigenvalue weighted by atomic mass is 15.2. The second kappa shape index (κ2) is 5.50. The molecule has 1 aliphatic rings. The molecule has 2 N–H and O–H groups in total. The van der Waals surface area contributed by atoms with Gasteiger partial charge in [0.25, 0.3) is 0 Å². The largest absolute Gasteiger partial charge is 0.353 e. The first kappa shape index (κ1) is 12.4. The lowest BCUT2D eigenvalue weighted by Crippen LogP contribution is -2.40. The molecule has 0 aliphatic carbocycles. The van der Waals surface area contributed by atoms with Gasteiger partial charge in [-0.2, -0.15) is 0 Å². The number of aromatic nitrogens is 1. The van der Waals surface area contributed by atoms with Gasteiger partial charge in [-0.05, 0) is 44.2 Å². The van der Waals surface area contributed by atoms with E-state index in [1.54, 1.807) is 0 Å². The van der Waals surface area contributed by atoms with E-state index in [9.17, 15) is 0 Å². The van der Waals surface area contributed by atoms with Crippen LogP contribution in [-0.2, 0) is 6.54 Å². The van der Waals surface area contributed by atoms with Crippen molar-refractivity contribution in [3.05, 3.63) is 23.4 Å². The van der Waals surface area contributed by atoms with E-state index in [0.29, 0.717) is 12.6 Å². The number of piperidine rings is 1. The molecule has 1 saturated heterocycles. The lowest BCUT2D eigenvalue weighted by Gasteiger charge is -2.37. The van der Waals surface area contributed by atoms with E-state index in [2.05, 4.69) is 29.8 Å². The van der Waals surface area contributed by atoms with Crippen LogP contribution in [0.2, 0.25) is 0 Å². The van der Waals surface area contributed by atoms with Crippen LogP contribution < -0.4 is 10.6 Å². The molecule has 1 aromatic rings. The Morgan fingerprint density at radius 2 is 2.29 bits per heavy atom. The first-order chi connectivity index (χ1) is 8.27. The average Bonchev–Trinajstić information content (AvgIpc) is 2.38. The van der Waals surface area contributed by atoms with Gasteiger partial charge in [0.1, 0.15) is 5.82 Å². The van der Waals surface area contributed by atoms with Crippen molar-refractivity contribution in [1.29, 1.82) is 0 Å². The SMILES string of the molecule is CCC1CCCCN1c1nccc(C)c1CN. The van der Waals surface area contributed by atoms with Crippen LogP contribution in [0.4, 0.5) is 5.82 Å². The van der Waals surface area contributed by atoms with Gasteiger partial charge in [0.2, 0.25) is 0 Å². The van der Waals surface area contributed by atoms with Crippen LogP contribution >= 0.6 is 0 Å². The standard InChI is InChI=1S/C14H23N3/c1-3-12-6-4-5-9-17(12)14-13(10-15)11(2)7-8-16-14/h7-8,12H,3-6,9-10,15H2,1-2H3. The maximum atomic E-state index is 5.88. The van der Waals surface area contributed by atoms with Gasteiger partial charge >= 0.3 is 0 Å². The first-order valence-corrected chi connectivity index (χ1v) is 6.69. The Kier molecular flexibility index (Phi) is 4.00. The molecule has 1 aliphatic heterocycles. The summed E-state index contributed by atoms with van der Waals surface area (Å²) < 4.78 is 0. The lowest BCUT2D eigenvalue weighted by molar-refractivity contribution is 0.445. The Labute approximate surface area is 104 Å². The molecule has 1 atom stereocenters. The Balaban J connectivity index is 2.34. The smallest absolute Gasteiger partial charge is 0.133 e. The minimum absolute atomic E-state index is 0.585. The van der Waals surface area contributed by atoms with Crippen molar-refractivity contribution in [3.63, 3.8) is 0 Å². The summed E-state index contributed by atoms with van der Waals surface area (Å²) in [7, 11) is 0. The Morgan fingerprint density at radius 1 is 1.47 bits per heavy atom. The number of anilines is 1. The second-order valence-corrected chi connectivity index (χ2v) is 4.89. The summed E-state index contributed by atoms with van der Waals surface area (Å²) in [6.07, 6.45) is 7.01. The quantitative estimate of drug-likeness (QED) is 0.872. The van der Waals surface area contributed by atoms with Gasteiger partial charge in [-0.3, -0.25) is 0 Å². The number of rotatable bonds is 3. The van der Waals surface area contributed by atoms with Gasteiger partial charge in [-0.15, -0.1) is 0 Å². The van der Waals surface area contributed by atoms with Crippen LogP contribution in [-0.4, -0.2) is 17.6 Å². The van der Waals surface area contributed by atoms with Crippen LogP contribution in [0, 0.1) is 6.92 Å². The molecule has 0 radical (unpaired) electrons. The molecule has 0 aromatic carbocycles. The van der Waals surface area contributed by atoms with Crippen LogP contribution in [0.1, 0.15) is 43.7 Å². The monoisotopic (exact) mass is 233 g/mol. The molecule has 0 spiro atoms. The normalized spacial score (nSPS) is 20.6. The number of aryl methyl sites for hydroxylation is 1. The minimum Gasteiger partial charge on any atom is -0.353 e. The molecule has 0 saturated carbocycles. The first-order valence-electron chi connectivity index (χ1n) is 6.69. The third-order valence-corrected chi connectivity index (χ3v) is 3.84. The highest BCUT2D eigenvalue weighted by Gasteiger charge is 2.24. The zero-order chi connectivity index (χ0) is 12.3. The Morgan fingerprint density at radius 3 is 3.00 bits per heavy atom. The maximum absolute atomic E-state index is 5.88. The summed E-state index contributed by atoms with van der Waals surface area (Å²) >= 11 is 0. The minimum atomic E-state index is 0.585. The summed E-state index contributed by atoms with van der Waals surface area (Å²) in [5.74, 6) is 1.12. The highest BCUT2D eigenvalue weighted by molar-refractivity contribution is 5.51. The fraction of sp³-hybridized carbons (Fsp3) is 0.643. The topological polar surface area (TPSA) is 42.2 Å². The van der Waals surface area contributed by atoms with Crippen molar-refractivity contribution in [2.45, 2.75) is 52.1 Å². The molecule has 0 amide bonds. The zero-order valence-electron chi connectivity index (χ0n) is 10.9. The average molecular weight is 233 g/mol. The summed E-state index contributed by atoms with van der Waals surface area (Å²) in [5.41, 5.74) is 8.36. The van der Waals surface area contributed by atoms with Crippen LogP contribution in [0.5, 0.6) is 0 Å². The van der Waals surface area contributed by atoms with Crippen LogP contribution in [0.25, 0.3) is 0 Å². The second-order valence-electron chi connectivity index (χ2n) is 4.89. The van der Waals surface area contributed by atoms with Crippen LogP contribution in [0.3, 0.4) is 0 Å². The predicted octanol–water partition coefficient (Wildman–Crippen LogP) is 2.62. The summed E-state index contributed by atoms with van der Waals surface area (Å²) in [5, 5.41) is 0. The Bertz CT molecular complexity index is 376. The number of hydrogen-bond acceptors (Lipinski definition) is 3. The van der Waals surface area contributed by atoms with Gasteiger partial charge in [0.05, 0.1) is 0 Å². The molecule has 1 unspecified atom stereocenters. The van der Waals surface area contributed by atoms with E-state index in [0.717, 1.165) is 12.4 Å². The maximum Gasteiger partial charge on any atom is 0.133 e. The number of pyridine rings is 1. The summed E-state index contributed by atoms with van der Waals surface area (Å²) in [6.45, 7) is 6.10. The van der Waals surface area contributed by atoms with Crippen molar-refractivity contribution in [1.82, 2.24) is 4.98 Å². The third-order valence-electron chi connectivity index (χ3n) is 3.84. The van der Waals surface area contributed by atoms with E-state index in [-0.39, 0.29) is 0 Å². The molecule has 2 heterocycles. The van der Waals surface area contributed by atoms with Crippen molar-refractivity contribution in [3.8, 4) is 0 Å². The number of hydrogen-bond donors (Lipinski definition) is 1. The molecule has 1 aromatic heterocycles. The van der Waals surface area contributed by atoms with Crippen LogP contribution in [0.15, 0.2) is 12.3 Å². The highest BCUT2D eigenvalue weighted by Crippen LogP contribution is 2.28. The molecule has 17 heavy (non-hydrogen) atoms. The number of nitrogens with zero attached hydrogens (tertiary/aromatic N) is 2. The van der Waals surface area contributed by atoms with Crippen molar-refractivity contribution in [2.24, 2.45) is 5.73 Å². The molecular formula is C14H23N3. The number of nitrogens with two attached hydrogens (primary N) is 1. The summed E-state index contributed by atoms with van der Waals surface area (Å²) in [4.78, 5) is 7.05. The third kappa shape index (κ3) is 2.44. The van der Waals surface area contributed by atoms with Gasteiger partial charge in [-0.1, -0.05) is 6.92 Å². The van der Waals surface area contributed by atoms with Crippen molar-refractivity contribution >= 4 is 5.82 Å². The van der Waals surface area contributed by atoms with Crippen molar-refractivity contribution < 1.29 is 0 Å². The molecule has 3 heteroatoms. The van der Waals surface area contributed by atoms with E-state index in [4.69, 9.17) is 5.73 Å². The van der Waals surface area contributed by atoms with Gasteiger partial charge in [0.15, 0.2) is 0 Å². The fourth-order valence-electron chi connectivity index (χ4n) is 2.78. The molecular weight excluding hydrogens is 210 g/mol. The van der Waals surface area contributed by atoms with E-state index < -0.39 is 0 Å². The Hall–Kier alpha value is -1.09. The van der Waals surface area contributed by atoms with Gasteiger partial charge in [0, 0.05) is 30.9 Å². The molecule has 1 fully saturated rings. The van der Waals surface area contributed by atoms with E-state index in [1.807, 2.05) is 6.20 Å². The summed E-state index contributed by atoms with van der Waals surface area (Å²) in [6, 6.07) is 2.69. The lowest BCUT2D eigenvalue weighted by atomic mass is 9.98. The van der Waals surface area contributed by atoms with Gasteiger partial charge in [-0.25, -0.2) is 4.98 Å². The molecule has 0 bridgehead atoms.